The maximum atomic E-state index is 13.1. The minimum absolute atomic E-state index is 0.00292. The third-order valence-corrected chi connectivity index (χ3v) is 8.66. The van der Waals surface area contributed by atoms with Crippen LogP contribution < -0.4 is 5.32 Å². The molecule has 2 aliphatic rings. The molecule has 37 heavy (non-hydrogen) atoms. The molecule has 0 radical (unpaired) electrons. The van der Waals surface area contributed by atoms with Gasteiger partial charge in [-0.25, -0.2) is 8.42 Å². The summed E-state index contributed by atoms with van der Waals surface area (Å²) < 4.78 is 26.2. The summed E-state index contributed by atoms with van der Waals surface area (Å²) in [5.74, 6) is -3.67. The fourth-order valence-electron chi connectivity index (χ4n) is 4.84. The predicted molar refractivity (Wildman–Crippen MR) is 134 cm³/mol. The van der Waals surface area contributed by atoms with Crippen molar-refractivity contribution in [2.45, 2.75) is 94.4 Å². The van der Waals surface area contributed by atoms with Crippen molar-refractivity contribution in [3.05, 3.63) is 29.3 Å². The van der Waals surface area contributed by atoms with Crippen molar-refractivity contribution in [2.75, 3.05) is 5.75 Å². The van der Waals surface area contributed by atoms with E-state index in [9.17, 15) is 32.4 Å². The van der Waals surface area contributed by atoms with E-state index in [1.54, 1.807) is 0 Å². The van der Waals surface area contributed by atoms with Crippen molar-refractivity contribution >= 4 is 39.4 Å². The summed E-state index contributed by atoms with van der Waals surface area (Å²) in [5, 5.41) is 10.7. The highest BCUT2D eigenvalue weighted by atomic mass is 32.2. The molecule has 0 saturated carbocycles. The van der Waals surface area contributed by atoms with E-state index in [2.05, 4.69) is 5.32 Å². The molecule has 202 valence electrons. The summed E-state index contributed by atoms with van der Waals surface area (Å²) in [6.45, 7) is 0. The van der Waals surface area contributed by atoms with Gasteiger partial charge in [0.25, 0.3) is 11.8 Å². The molecule has 0 aromatic heterocycles. The lowest BCUT2D eigenvalue weighted by molar-refractivity contribution is -0.138. The number of aliphatic carboxylic acids is 1. The number of carboxylic acid groups (broad SMARTS) is 1. The summed E-state index contributed by atoms with van der Waals surface area (Å²) in [4.78, 5) is 60.8. The topological polar surface area (TPSA) is 155 Å². The Hall–Kier alpha value is -3.08. The van der Waals surface area contributed by atoms with Gasteiger partial charge in [0.2, 0.25) is 11.8 Å². The molecule has 0 bridgehead atoms. The Kier molecular flexibility index (Phi) is 9.96. The highest BCUT2D eigenvalue weighted by molar-refractivity contribution is 7.91. The van der Waals surface area contributed by atoms with Crippen LogP contribution in [0.1, 0.15) is 104 Å². The second-order valence-corrected chi connectivity index (χ2v) is 11.7. The molecule has 1 aromatic rings. The third-order valence-electron chi connectivity index (χ3n) is 6.82. The van der Waals surface area contributed by atoms with Gasteiger partial charge in [0, 0.05) is 12.8 Å². The van der Waals surface area contributed by atoms with E-state index in [4.69, 9.17) is 5.11 Å². The average molecular weight is 535 g/mol. The number of hydrogen-bond acceptors (Lipinski definition) is 7. The van der Waals surface area contributed by atoms with Crippen molar-refractivity contribution in [3.8, 4) is 0 Å². The smallest absolute Gasteiger partial charge is 0.303 e. The number of piperidine rings is 1. The highest BCUT2D eigenvalue weighted by Gasteiger charge is 2.46. The number of carboxylic acids is 1. The number of hydrogen-bond donors (Lipinski definition) is 2. The Morgan fingerprint density at radius 3 is 2.08 bits per heavy atom. The molecule has 0 aliphatic carbocycles. The SMILES string of the molecule is O=C(O)CCCCCCCCCCCCS(=O)(=O)c1cccc2c1C(=O)N(C1CCC(=O)NC1=O)C2=O. The Balaban J connectivity index is 1.48. The lowest BCUT2D eigenvalue weighted by Gasteiger charge is -2.27. The molecule has 1 aromatic carbocycles. The van der Waals surface area contributed by atoms with Crippen LogP contribution in [0.5, 0.6) is 0 Å². The quantitative estimate of drug-likeness (QED) is 0.257. The van der Waals surface area contributed by atoms with Crippen LogP contribution in [0.25, 0.3) is 0 Å². The first-order chi connectivity index (χ1) is 17.6. The third kappa shape index (κ3) is 7.24. The number of benzene rings is 1. The lowest BCUT2D eigenvalue weighted by Crippen LogP contribution is -2.54. The van der Waals surface area contributed by atoms with Gasteiger partial charge in [0.05, 0.1) is 21.8 Å². The molecule has 4 amide bonds. The Morgan fingerprint density at radius 2 is 1.49 bits per heavy atom. The zero-order valence-electron chi connectivity index (χ0n) is 20.9. The van der Waals surface area contributed by atoms with Crippen molar-refractivity contribution < 1.29 is 37.5 Å². The number of unbranched alkanes of at least 4 members (excludes halogenated alkanes) is 9. The molecular formula is C26H34N2O8S. The fourth-order valence-corrected chi connectivity index (χ4v) is 6.43. The van der Waals surface area contributed by atoms with E-state index in [0.29, 0.717) is 12.8 Å². The molecule has 3 rings (SSSR count). The van der Waals surface area contributed by atoms with Gasteiger partial charge in [-0.15, -0.1) is 0 Å². The van der Waals surface area contributed by atoms with E-state index in [1.807, 2.05) is 0 Å². The van der Waals surface area contributed by atoms with E-state index in [1.165, 1.54) is 18.2 Å². The van der Waals surface area contributed by atoms with Crippen LogP contribution in [0.2, 0.25) is 0 Å². The Bertz CT molecular complexity index is 1160. The van der Waals surface area contributed by atoms with Gasteiger partial charge in [0.15, 0.2) is 9.84 Å². The Morgan fingerprint density at radius 1 is 0.892 bits per heavy atom. The maximum Gasteiger partial charge on any atom is 0.303 e. The second kappa shape index (κ2) is 12.9. The van der Waals surface area contributed by atoms with E-state index < -0.39 is 45.5 Å². The molecule has 0 spiro atoms. The number of carbonyl (C=O) groups excluding carboxylic acids is 4. The van der Waals surface area contributed by atoms with Crippen LogP contribution in [0.15, 0.2) is 23.1 Å². The Labute approximate surface area is 216 Å². The van der Waals surface area contributed by atoms with Gasteiger partial charge in [-0.1, -0.05) is 57.4 Å². The fraction of sp³-hybridized carbons (Fsp3) is 0.577. The summed E-state index contributed by atoms with van der Waals surface area (Å²) in [7, 11) is -3.83. The lowest BCUT2D eigenvalue weighted by atomic mass is 10.0. The standard InChI is InChI=1S/C26H34N2O8S/c29-21-16-15-19(24(32)27-21)28-25(33)18-12-11-13-20(23(18)26(28)34)37(35,36)17-10-8-6-4-2-1-3-5-7-9-14-22(30)31/h11-13,19H,1-10,14-17H2,(H,30,31)(H,27,29,32). The molecule has 10 nitrogen and oxygen atoms in total. The van der Waals surface area contributed by atoms with E-state index in [-0.39, 0.29) is 41.0 Å². The molecule has 1 fully saturated rings. The summed E-state index contributed by atoms with van der Waals surface area (Å²) in [5.41, 5.74) is -0.237. The number of sulfone groups is 1. The van der Waals surface area contributed by atoms with Gasteiger partial charge in [-0.3, -0.25) is 34.2 Å². The van der Waals surface area contributed by atoms with E-state index in [0.717, 1.165) is 56.3 Å². The molecule has 11 heteroatoms. The van der Waals surface area contributed by atoms with Gasteiger partial charge in [-0.05, 0) is 31.4 Å². The molecule has 1 atom stereocenters. The van der Waals surface area contributed by atoms with Crippen LogP contribution in [-0.4, -0.2) is 59.8 Å². The normalized spacial score (nSPS) is 17.7. The molecule has 2 heterocycles. The number of imide groups is 2. The van der Waals surface area contributed by atoms with Crippen molar-refractivity contribution in [1.82, 2.24) is 10.2 Å². The average Bonchev–Trinajstić information content (AvgIpc) is 3.09. The van der Waals surface area contributed by atoms with Gasteiger partial charge in [0.1, 0.15) is 6.04 Å². The summed E-state index contributed by atoms with van der Waals surface area (Å²) in [6.07, 6.45) is 9.09. The zero-order valence-corrected chi connectivity index (χ0v) is 21.7. The maximum absolute atomic E-state index is 13.1. The monoisotopic (exact) mass is 534 g/mol. The number of nitrogens with zero attached hydrogens (tertiary/aromatic N) is 1. The van der Waals surface area contributed by atoms with Crippen LogP contribution in [0.3, 0.4) is 0 Å². The number of carbonyl (C=O) groups is 5. The predicted octanol–water partition coefficient (Wildman–Crippen LogP) is 3.24. The molecule has 2 aliphatic heterocycles. The first-order valence-corrected chi connectivity index (χ1v) is 14.6. The van der Waals surface area contributed by atoms with Crippen LogP contribution in [0, 0.1) is 0 Å². The molecule has 2 N–H and O–H groups in total. The summed E-state index contributed by atoms with van der Waals surface area (Å²) in [6, 6.07) is 2.98. The second-order valence-electron chi connectivity index (χ2n) is 9.62. The summed E-state index contributed by atoms with van der Waals surface area (Å²) >= 11 is 0. The largest absolute Gasteiger partial charge is 0.481 e. The number of rotatable bonds is 15. The van der Waals surface area contributed by atoms with Crippen molar-refractivity contribution in [1.29, 1.82) is 0 Å². The minimum Gasteiger partial charge on any atom is -0.481 e. The number of fused-ring (bicyclic) bond motifs is 1. The van der Waals surface area contributed by atoms with Crippen LogP contribution in [0.4, 0.5) is 0 Å². The van der Waals surface area contributed by atoms with Crippen molar-refractivity contribution in [2.24, 2.45) is 0 Å². The van der Waals surface area contributed by atoms with E-state index >= 15 is 0 Å². The number of nitrogens with one attached hydrogen (secondary N) is 1. The van der Waals surface area contributed by atoms with Crippen LogP contribution >= 0.6 is 0 Å². The zero-order chi connectivity index (χ0) is 27.0. The van der Waals surface area contributed by atoms with Crippen molar-refractivity contribution in [3.63, 3.8) is 0 Å². The number of amides is 4. The van der Waals surface area contributed by atoms with Gasteiger partial charge >= 0.3 is 5.97 Å². The minimum atomic E-state index is -3.83. The molecule has 1 saturated heterocycles. The van der Waals surface area contributed by atoms with Crippen LogP contribution in [-0.2, 0) is 24.2 Å². The molecular weight excluding hydrogens is 500 g/mol. The highest BCUT2D eigenvalue weighted by Crippen LogP contribution is 2.32. The van der Waals surface area contributed by atoms with Gasteiger partial charge < -0.3 is 5.11 Å². The molecule has 1 unspecified atom stereocenters. The first kappa shape index (κ1) is 28.5. The van der Waals surface area contributed by atoms with Gasteiger partial charge in [-0.2, -0.15) is 0 Å². The first-order valence-electron chi connectivity index (χ1n) is 12.9.